The van der Waals surface area contributed by atoms with Gasteiger partial charge >= 0.3 is 5.97 Å². The molecule has 0 saturated heterocycles. The molecule has 0 aromatic heterocycles. The van der Waals surface area contributed by atoms with Gasteiger partial charge in [-0.05, 0) is 30.3 Å². The average molecular weight is 352 g/mol. The summed E-state index contributed by atoms with van der Waals surface area (Å²) in [4.78, 5) is 21.8. The van der Waals surface area contributed by atoms with Crippen molar-refractivity contribution in [3.8, 4) is 11.5 Å². The van der Waals surface area contributed by atoms with E-state index < -0.39 is 26.6 Å². The van der Waals surface area contributed by atoms with Crippen molar-refractivity contribution in [2.75, 3.05) is 7.11 Å². The van der Waals surface area contributed by atoms with E-state index in [1.807, 2.05) is 0 Å². The Morgan fingerprint density at radius 2 is 1.71 bits per heavy atom. The number of ether oxygens (including phenoxy) is 2. The lowest BCUT2D eigenvalue weighted by atomic mass is 10.1. The van der Waals surface area contributed by atoms with Crippen molar-refractivity contribution in [1.29, 1.82) is 0 Å². The largest absolute Gasteiger partial charge is 0.465 e. The SMILES string of the molecule is COC(=O)c1cc(Oc2ccc(S(N)(=O)=O)cc2)ccc1[N+](=O)[O-]. The van der Waals surface area contributed by atoms with Crippen LogP contribution in [0.15, 0.2) is 47.4 Å². The standard InChI is InChI=1S/C14H12N2O7S/c1-22-14(17)12-8-10(4-7-13(12)16(18)19)23-9-2-5-11(6-3-9)24(15,20)21/h2-8H,1H3,(H2,15,20,21). The summed E-state index contributed by atoms with van der Waals surface area (Å²) in [5, 5.41) is 15.9. The molecular formula is C14H12N2O7S. The van der Waals surface area contributed by atoms with Crippen molar-refractivity contribution < 1.29 is 27.6 Å². The van der Waals surface area contributed by atoms with Gasteiger partial charge in [0.05, 0.1) is 16.9 Å². The topological polar surface area (TPSA) is 139 Å². The predicted molar refractivity (Wildman–Crippen MR) is 82.3 cm³/mol. The molecule has 0 bridgehead atoms. The number of hydrogen-bond donors (Lipinski definition) is 1. The van der Waals surface area contributed by atoms with Gasteiger partial charge in [0.2, 0.25) is 10.0 Å². The predicted octanol–water partition coefficient (Wildman–Crippen LogP) is 1.82. The quantitative estimate of drug-likeness (QED) is 0.492. The van der Waals surface area contributed by atoms with Crippen LogP contribution in [0.2, 0.25) is 0 Å². The van der Waals surface area contributed by atoms with Crippen LogP contribution in [0.3, 0.4) is 0 Å². The van der Waals surface area contributed by atoms with Gasteiger partial charge in [-0.15, -0.1) is 0 Å². The van der Waals surface area contributed by atoms with E-state index in [4.69, 9.17) is 9.88 Å². The van der Waals surface area contributed by atoms with E-state index >= 15 is 0 Å². The number of carbonyl (C=O) groups excluding carboxylic acids is 1. The minimum atomic E-state index is -3.82. The van der Waals surface area contributed by atoms with E-state index in [0.717, 1.165) is 19.2 Å². The summed E-state index contributed by atoms with van der Waals surface area (Å²) >= 11 is 0. The van der Waals surface area contributed by atoms with Crippen LogP contribution in [0.25, 0.3) is 0 Å². The second kappa shape index (κ2) is 6.64. The van der Waals surface area contributed by atoms with Crippen LogP contribution in [0.4, 0.5) is 5.69 Å². The van der Waals surface area contributed by atoms with Crippen LogP contribution in [-0.2, 0) is 14.8 Å². The number of carbonyl (C=O) groups is 1. The molecule has 0 radical (unpaired) electrons. The highest BCUT2D eigenvalue weighted by atomic mass is 32.2. The summed E-state index contributed by atoms with van der Waals surface area (Å²) in [5.41, 5.74) is -0.681. The molecule has 0 aliphatic carbocycles. The van der Waals surface area contributed by atoms with E-state index in [9.17, 15) is 23.3 Å². The number of esters is 1. The molecular weight excluding hydrogens is 340 g/mol. The molecule has 0 saturated carbocycles. The van der Waals surface area contributed by atoms with Gasteiger partial charge < -0.3 is 9.47 Å². The summed E-state index contributed by atoms with van der Waals surface area (Å²) < 4.78 is 32.3. The van der Waals surface area contributed by atoms with E-state index in [0.29, 0.717) is 0 Å². The first-order valence-electron chi connectivity index (χ1n) is 6.40. The maximum absolute atomic E-state index is 11.6. The smallest absolute Gasteiger partial charge is 0.345 e. The molecule has 9 nitrogen and oxygen atoms in total. The number of nitro benzene ring substituents is 1. The van der Waals surface area contributed by atoms with E-state index in [-0.39, 0.29) is 22.0 Å². The Morgan fingerprint density at radius 3 is 2.21 bits per heavy atom. The Morgan fingerprint density at radius 1 is 1.12 bits per heavy atom. The third-order valence-electron chi connectivity index (χ3n) is 2.96. The van der Waals surface area contributed by atoms with Crippen molar-refractivity contribution in [3.05, 3.63) is 58.1 Å². The zero-order valence-corrected chi connectivity index (χ0v) is 13.1. The molecule has 2 rings (SSSR count). The molecule has 0 aliphatic heterocycles. The summed E-state index contributed by atoms with van der Waals surface area (Å²) in [5.74, 6) is -0.479. The normalized spacial score (nSPS) is 10.9. The van der Waals surface area contributed by atoms with Crippen molar-refractivity contribution in [1.82, 2.24) is 0 Å². The van der Waals surface area contributed by atoms with Gasteiger partial charge in [-0.3, -0.25) is 10.1 Å². The van der Waals surface area contributed by atoms with Gasteiger partial charge in [0, 0.05) is 12.1 Å². The Labute approximate surface area is 136 Å². The molecule has 2 aromatic rings. The molecule has 2 N–H and O–H groups in total. The van der Waals surface area contributed by atoms with Crippen molar-refractivity contribution in [2.24, 2.45) is 5.14 Å². The number of primary sulfonamides is 1. The minimum absolute atomic E-state index is 0.0891. The minimum Gasteiger partial charge on any atom is -0.465 e. The molecule has 2 aromatic carbocycles. The number of sulfonamides is 1. The molecule has 0 aliphatic rings. The number of methoxy groups -OCH3 is 1. The number of nitrogens with zero attached hydrogens (tertiary/aromatic N) is 1. The van der Waals surface area contributed by atoms with Crippen LogP contribution >= 0.6 is 0 Å². The molecule has 0 unspecified atom stereocenters. The second-order valence-electron chi connectivity index (χ2n) is 4.55. The first-order valence-corrected chi connectivity index (χ1v) is 7.94. The summed E-state index contributed by atoms with van der Waals surface area (Å²) in [6.45, 7) is 0. The van der Waals surface area contributed by atoms with Gasteiger partial charge in [-0.25, -0.2) is 18.4 Å². The first kappa shape index (κ1) is 17.4. The summed E-state index contributed by atoms with van der Waals surface area (Å²) in [7, 11) is -2.72. The van der Waals surface area contributed by atoms with Crippen LogP contribution in [-0.4, -0.2) is 26.4 Å². The number of hydrogen-bond acceptors (Lipinski definition) is 7. The number of rotatable bonds is 5. The zero-order valence-electron chi connectivity index (χ0n) is 12.3. The Hall–Kier alpha value is -2.98. The number of nitro groups is 1. The molecule has 0 spiro atoms. The van der Waals surface area contributed by atoms with Gasteiger partial charge in [-0.1, -0.05) is 0 Å². The first-order chi connectivity index (χ1) is 11.2. The number of benzene rings is 2. The Balaban J connectivity index is 2.33. The fourth-order valence-corrected chi connectivity index (χ4v) is 2.36. The second-order valence-corrected chi connectivity index (χ2v) is 6.11. The maximum Gasteiger partial charge on any atom is 0.345 e. The van der Waals surface area contributed by atoms with Gasteiger partial charge in [0.15, 0.2) is 0 Å². The zero-order chi connectivity index (χ0) is 17.9. The van der Waals surface area contributed by atoms with Crippen molar-refractivity contribution in [2.45, 2.75) is 4.90 Å². The molecule has 10 heteroatoms. The fourth-order valence-electron chi connectivity index (χ4n) is 1.84. The summed E-state index contributed by atoms with van der Waals surface area (Å²) in [6, 6.07) is 8.79. The molecule has 0 atom stereocenters. The molecule has 0 heterocycles. The lowest BCUT2D eigenvalue weighted by Crippen LogP contribution is -2.11. The van der Waals surface area contributed by atoms with Gasteiger partial charge in [0.25, 0.3) is 5.69 Å². The highest BCUT2D eigenvalue weighted by molar-refractivity contribution is 7.89. The van der Waals surface area contributed by atoms with E-state index in [1.54, 1.807) is 0 Å². The third kappa shape index (κ3) is 3.86. The Kier molecular flexibility index (Phi) is 4.81. The van der Waals surface area contributed by atoms with Crippen LogP contribution in [0, 0.1) is 10.1 Å². The van der Waals surface area contributed by atoms with Crippen molar-refractivity contribution in [3.63, 3.8) is 0 Å². The monoisotopic (exact) mass is 352 g/mol. The summed E-state index contributed by atoms with van der Waals surface area (Å²) in [6.07, 6.45) is 0. The van der Waals surface area contributed by atoms with Crippen LogP contribution < -0.4 is 9.88 Å². The average Bonchev–Trinajstić information content (AvgIpc) is 2.53. The lowest BCUT2D eigenvalue weighted by Gasteiger charge is -2.08. The molecule has 126 valence electrons. The van der Waals surface area contributed by atoms with Crippen LogP contribution in [0.5, 0.6) is 11.5 Å². The highest BCUT2D eigenvalue weighted by Gasteiger charge is 2.22. The van der Waals surface area contributed by atoms with Crippen LogP contribution in [0.1, 0.15) is 10.4 Å². The van der Waals surface area contributed by atoms with Crippen molar-refractivity contribution >= 4 is 21.7 Å². The van der Waals surface area contributed by atoms with Gasteiger partial charge in [-0.2, -0.15) is 0 Å². The lowest BCUT2D eigenvalue weighted by molar-refractivity contribution is -0.385. The molecule has 0 fully saturated rings. The van der Waals surface area contributed by atoms with E-state index in [1.165, 1.54) is 30.3 Å². The highest BCUT2D eigenvalue weighted by Crippen LogP contribution is 2.28. The fraction of sp³-hybridized carbons (Fsp3) is 0.0714. The Bertz CT molecular complexity index is 892. The van der Waals surface area contributed by atoms with E-state index in [2.05, 4.69) is 4.74 Å². The molecule has 0 amide bonds. The van der Waals surface area contributed by atoms with Gasteiger partial charge in [0.1, 0.15) is 17.1 Å². The number of nitrogens with two attached hydrogens (primary N) is 1. The third-order valence-corrected chi connectivity index (χ3v) is 3.89. The maximum atomic E-state index is 11.6. The molecule has 24 heavy (non-hydrogen) atoms.